The van der Waals surface area contributed by atoms with Crippen molar-refractivity contribution in [1.82, 2.24) is 19.7 Å². The summed E-state index contributed by atoms with van der Waals surface area (Å²) in [6, 6.07) is 10.5. The maximum atomic E-state index is 14.3. The maximum absolute atomic E-state index is 14.3. The number of methoxy groups -OCH3 is 1. The van der Waals surface area contributed by atoms with Gasteiger partial charge in [-0.15, -0.1) is 0 Å². The van der Waals surface area contributed by atoms with Crippen LogP contribution < -0.4 is 10.1 Å². The van der Waals surface area contributed by atoms with E-state index >= 15 is 0 Å². The number of halogens is 2. The van der Waals surface area contributed by atoms with Crippen LogP contribution in [0.25, 0.3) is 11.5 Å². The lowest BCUT2D eigenvalue weighted by Gasteiger charge is -2.06. The second-order valence-electron chi connectivity index (χ2n) is 9.22. The number of ether oxygens (including phenoxy) is 2. The van der Waals surface area contributed by atoms with Gasteiger partial charge in [-0.3, -0.25) is 9.48 Å². The fourth-order valence-corrected chi connectivity index (χ4v) is 4.03. The number of nitrogens with zero attached hydrogens (tertiary/aromatic N) is 3. The number of nitrogens with one attached hydrogen (secondary N) is 2. The lowest BCUT2D eigenvalue weighted by Crippen LogP contribution is -2.16. The molecule has 0 saturated carbocycles. The molecule has 0 aliphatic carbocycles. The number of rotatable bonds is 10. The highest BCUT2D eigenvalue weighted by molar-refractivity contribution is 6.06. The monoisotopic (exact) mass is 537 g/mol. The molecule has 2 heterocycles. The van der Waals surface area contributed by atoms with Crippen molar-refractivity contribution in [3.8, 4) is 17.3 Å². The largest absolute Gasteiger partial charge is 0.497 e. The molecule has 0 aliphatic rings. The average molecular weight is 538 g/mol. The minimum atomic E-state index is -0.999. The Bertz CT molecular complexity index is 1460. The van der Waals surface area contributed by atoms with Crippen molar-refractivity contribution in [1.29, 1.82) is 0 Å². The standard InChI is InChI=1S/C28H29F2N5O4/c1-5-39-28(37)25-21(13-16(2)3)31-26(33-25)24-22(32-27(36)23-19(29)7-6-8-20(23)30)15-35(34-24)14-17-9-11-18(38-4)12-10-17/h6-12,15-16H,5,13-14H2,1-4H3,(H,31,33)(H,32,36). The van der Waals surface area contributed by atoms with Gasteiger partial charge in [0.15, 0.2) is 17.2 Å². The Morgan fingerprint density at radius 1 is 1.10 bits per heavy atom. The number of hydrogen-bond acceptors (Lipinski definition) is 6. The summed E-state index contributed by atoms with van der Waals surface area (Å²) in [6.45, 7) is 6.17. The first-order valence-corrected chi connectivity index (χ1v) is 12.4. The van der Waals surface area contributed by atoms with Crippen LogP contribution in [-0.4, -0.2) is 45.3 Å². The Balaban J connectivity index is 1.76. The fourth-order valence-electron chi connectivity index (χ4n) is 4.03. The highest BCUT2D eigenvalue weighted by atomic mass is 19.1. The van der Waals surface area contributed by atoms with Gasteiger partial charge in [0.1, 0.15) is 22.9 Å². The first kappa shape index (κ1) is 27.5. The predicted molar refractivity (Wildman–Crippen MR) is 141 cm³/mol. The number of esters is 1. The van der Waals surface area contributed by atoms with E-state index in [1.165, 1.54) is 12.3 Å². The highest BCUT2D eigenvalue weighted by Gasteiger charge is 2.25. The topological polar surface area (TPSA) is 111 Å². The number of anilines is 1. The van der Waals surface area contributed by atoms with E-state index in [1.807, 2.05) is 26.0 Å². The smallest absolute Gasteiger partial charge is 0.358 e. The van der Waals surface area contributed by atoms with Gasteiger partial charge in [-0.25, -0.2) is 18.6 Å². The number of imidazole rings is 1. The van der Waals surface area contributed by atoms with Crippen molar-refractivity contribution in [3.05, 3.63) is 82.8 Å². The van der Waals surface area contributed by atoms with Crippen molar-refractivity contribution in [3.63, 3.8) is 0 Å². The zero-order valence-electron chi connectivity index (χ0n) is 22.0. The minimum absolute atomic E-state index is 0.114. The van der Waals surface area contributed by atoms with Crippen molar-refractivity contribution < 1.29 is 27.8 Å². The summed E-state index contributed by atoms with van der Waals surface area (Å²) >= 11 is 0. The Kier molecular flexibility index (Phi) is 8.38. The predicted octanol–water partition coefficient (Wildman–Crippen LogP) is 5.24. The summed E-state index contributed by atoms with van der Waals surface area (Å²) in [5.74, 6) is -2.49. The van der Waals surface area contributed by atoms with Gasteiger partial charge < -0.3 is 19.8 Å². The van der Waals surface area contributed by atoms with E-state index in [-0.39, 0.29) is 35.4 Å². The van der Waals surface area contributed by atoms with Crippen molar-refractivity contribution >= 4 is 17.6 Å². The molecule has 4 aromatic rings. The molecule has 1 amide bonds. The molecule has 0 aliphatic heterocycles. The summed E-state index contributed by atoms with van der Waals surface area (Å²) in [7, 11) is 1.57. The van der Waals surface area contributed by atoms with Crippen LogP contribution in [-0.2, 0) is 17.7 Å². The van der Waals surface area contributed by atoms with E-state index in [0.29, 0.717) is 24.4 Å². The SMILES string of the molecule is CCOC(=O)c1nc(-c2nn(Cc3ccc(OC)cc3)cc2NC(=O)c2c(F)cccc2F)[nH]c1CC(C)C. The van der Waals surface area contributed by atoms with Crippen LogP contribution in [0.4, 0.5) is 14.5 Å². The number of amides is 1. The molecular formula is C28H29F2N5O4. The molecule has 0 saturated heterocycles. The Morgan fingerprint density at radius 3 is 2.41 bits per heavy atom. The number of carbonyl (C=O) groups excluding carboxylic acids is 2. The minimum Gasteiger partial charge on any atom is -0.497 e. The number of hydrogen-bond donors (Lipinski definition) is 2. The van der Waals surface area contributed by atoms with E-state index in [2.05, 4.69) is 20.4 Å². The molecule has 0 bridgehead atoms. The van der Waals surface area contributed by atoms with E-state index in [9.17, 15) is 18.4 Å². The molecule has 2 N–H and O–H groups in total. The molecule has 4 rings (SSSR count). The molecule has 39 heavy (non-hydrogen) atoms. The molecular weight excluding hydrogens is 508 g/mol. The molecule has 11 heteroatoms. The average Bonchev–Trinajstić information content (AvgIpc) is 3.48. The van der Waals surface area contributed by atoms with Gasteiger partial charge in [-0.05, 0) is 49.1 Å². The quantitative estimate of drug-likeness (QED) is 0.268. The van der Waals surface area contributed by atoms with E-state index < -0.39 is 29.1 Å². The molecule has 0 atom stereocenters. The lowest BCUT2D eigenvalue weighted by atomic mass is 10.1. The number of carbonyl (C=O) groups is 2. The Labute approximate surface area is 224 Å². The van der Waals surface area contributed by atoms with E-state index in [0.717, 1.165) is 17.7 Å². The van der Waals surface area contributed by atoms with Crippen LogP contribution >= 0.6 is 0 Å². The third-order valence-electron chi connectivity index (χ3n) is 5.79. The van der Waals surface area contributed by atoms with Gasteiger partial charge in [-0.2, -0.15) is 5.10 Å². The number of benzene rings is 2. The van der Waals surface area contributed by atoms with Crippen LogP contribution in [0.3, 0.4) is 0 Å². The van der Waals surface area contributed by atoms with E-state index in [4.69, 9.17) is 9.47 Å². The number of aromatic amines is 1. The van der Waals surface area contributed by atoms with Crippen LogP contribution in [0.15, 0.2) is 48.7 Å². The molecule has 2 aromatic carbocycles. The second-order valence-corrected chi connectivity index (χ2v) is 9.22. The maximum Gasteiger partial charge on any atom is 0.358 e. The van der Waals surface area contributed by atoms with Gasteiger partial charge in [-0.1, -0.05) is 32.0 Å². The van der Waals surface area contributed by atoms with E-state index in [1.54, 1.807) is 30.8 Å². The fraction of sp³-hybridized carbons (Fsp3) is 0.286. The van der Waals surface area contributed by atoms with Crippen LogP contribution in [0.2, 0.25) is 0 Å². The first-order valence-electron chi connectivity index (χ1n) is 12.4. The summed E-state index contributed by atoms with van der Waals surface area (Å²) in [6.07, 6.45) is 2.04. The summed E-state index contributed by atoms with van der Waals surface area (Å²) in [5.41, 5.74) is 1.17. The lowest BCUT2D eigenvalue weighted by molar-refractivity contribution is 0.0518. The molecule has 2 aromatic heterocycles. The van der Waals surface area contributed by atoms with Gasteiger partial charge >= 0.3 is 5.97 Å². The molecule has 204 valence electrons. The third-order valence-corrected chi connectivity index (χ3v) is 5.79. The van der Waals surface area contributed by atoms with Gasteiger partial charge in [0.2, 0.25) is 0 Å². The zero-order chi connectivity index (χ0) is 28.1. The Morgan fingerprint density at radius 2 is 1.79 bits per heavy atom. The van der Waals surface area contributed by atoms with Crippen LogP contribution in [0, 0.1) is 17.6 Å². The Hall–Kier alpha value is -4.54. The highest BCUT2D eigenvalue weighted by Crippen LogP contribution is 2.28. The second kappa shape index (κ2) is 11.9. The third kappa shape index (κ3) is 6.31. The normalized spacial score (nSPS) is 11.1. The van der Waals surface area contributed by atoms with Gasteiger partial charge in [0.25, 0.3) is 5.91 Å². The molecule has 0 unspecified atom stereocenters. The van der Waals surface area contributed by atoms with Crippen molar-refractivity contribution in [2.45, 2.75) is 33.7 Å². The van der Waals surface area contributed by atoms with Crippen molar-refractivity contribution in [2.24, 2.45) is 5.92 Å². The molecule has 0 spiro atoms. The summed E-state index contributed by atoms with van der Waals surface area (Å²) in [5, 5.41) is 7.14. The van der Waals surface area contributed by atoms with Crippen LogP contribution in [0.5, 0.6) is 5.75 Å². The van der Waals surface area contributed by atoms with Gasteiger partial charge in [0.05, 0.1) is 31.6 Å². The molecule has 0 fully saturated rings. The number of aromatic nitrogens is 4. The zero-order valence-corrected chi connectivity index (χ0v) is 22.0. The molecule has 9 nitrogen and oxygen atoms in total. The first-order chi connectivity index (χ1) is 18.7. The number of H-pyrrole nitrogens is 1. The molecule has 0 radical (unpaired) electrons. The summed E-state index contributed by atoms with van der Waals surface area (Å²) < 4.78 is 40.6. The van der Waals surface area contributed by atoms with Crippen LogP contribution in [0.1, 0.15) is 52.9 Å². The summed E-state index contributed by atoms with van der Waals surface area (Å²) in [4.78, 5) is 33.1. The van der Waals surface area contributed by atoms with Gasteiger partial charge in [0, 0.05) is 6.20 Å². The van der Waals surface area contributed by atoms with Crippen molar-refractivity contribution in [2.75, 3.05) is 19.0 Å².